The van der Waals surface area contributed by atoms with Crippen LogP contribution in [0.5, 0.6) is 11.5 Å². The van der Waals surface area contributed by atoms with Gasteiger partial charge < -0.3 is 96.1 Å². The highest BCUT2D eigenvalue weighted by molar-refractivity contribution is 5.87. The molecule has 9 unspecified atom stereocenters. The fraction of sp³-hybridized carbons (Fsp3) is 0.381. The van der Waals surface area contributed by atoms with Gasteiger partial charge in [-0.3, -0.25) is 0 Å². The number of carbonyl (C=O) groups excluding carboxylic acids is 2. The van der Waals surface area contributed by atoms with Gasteiger partial charge in [0.05, 0.1) is 79.6 Å². The highest BCUT2D eigenvalue weighted by Gasteiger charge is 2.42. The van der Waals surface area contributed by atoms with Crippen LogP contribution in [0.2, 0.25) is 0 Å². The number of benzene rings is 4. The van der Waals surface area contributed by atoms with E-state index in [1.165, 1.54) is 44.6 Å². The lowest BCUT2D eigenvalue weighted by molar-refractivity contribution is -0.286. The predicted octanol–water partition coefficient (Wildman–Crippen LogP) is -0.571. The quantitative estimate of drug-likeness (QED) is 0.0494. The first kappa shape index (κ1) is 56.8. The molecule has 0 amide bonds. The summed E-state index contributed by atoms with van der Waals surface area (Å²) in [5.74, 6) is -1.72. The molecule has 9 atom stereocenters. The molecule has 5 rings (SSSR count). The molecule has 65 heavy (non-hydrogen) atoms. The number of carbonyl (C=O) groups is 2. The minimum absolute atomic E-state index is 0. The van der Waals surface area contributed by atoms with E-state index >= 15 is 0 Å². The molecule has 1 aliphatic rings. The number of carboxylic acids is 2. The molecular weight excluding hydrogens is 860 g/mol. The first-order chi connectivity index (χ1) is 29.9. The van der Waals surface area contributed by atoms with Crippen LogP contribution in [0.15, 0.2) is 105 Å². The van der Waals surface area contributed by atoms with Crippen LogP contribution in [0, 0.1) is 0 Å². The van der Waals surface area contributed by atoms with Gasteiger partial charge >= 0.3 is 0 Å². The Kier molecular flexibility index (Phi) is 24.3. The monoisotopic (exact) mass is 916 g/mol. The largest absolute Gasteiger partial charge is 0.545 e. The smallest absolute Gasteiger partial charge is 0.184 e. The van der Waals surface area contributed by atoms with Crippen LogP contribution in [0.3, 0.4) is 0 Å². The van der Waals surface area contributed by atoms with E-state index in [0.29, 0.717) is 45.6 Å². The lowest BCUT2D eigenvalue weighted by Gasteiger charge is -2.37. The zero-order chi connectivity index (χ0) is 46.8. The Morgan fingerprint density at radius 3 is 1.60 bits per heavy atom. The number of ether oxygens (including phenoxy) is 3. The van der Waals surface area contributed by atoms with Gasteiger partial charge in [0, 0.05) is 18.7 Å². The van der Waals surface area contributed by atoms with E-state index in [1.54, 1.807) is 54.6 Å². The summed E-state index contributed by atoms with van der Waals surface area (Å²) in [6.07, 6.45) is -13.5. The predicted molar refractivity (Wildman–Crippen MR) is 229 cm³/mol. The summed E-state index contributed by atoms with van der Waals surface area (Å²) in [6.45, 7) is -1.48. The first-order valence-corrected chi connectivity index (χ1v) is 18.6. The van der Waals surface area contributed by atoms with Gasteiger partial charge in [-0.15, -0.1) is 0 Å². The average molecular weight is 917 g/mol. The van der Waals surface area contributed by atoms with Gasteiger partial charge in [0.15, 0.2) is 6.29 Å². The van der Waals surface area contributed by atoms with Crippen LogP contribution < -0.4 is 30.7 Å². The molecule has 358 valence electrons. The second-order valence-electron chi connectivity index (χ2n) is 13.3. The van der Waals surface area contributed by atoms with E-state index in [4.69, 9.17) is 45.8 Å². The maximum absolute atomic E-state index is 10.9. The van der Waals surface area contributed by atoms with E-state index in [0.717, 1.165) is 0 Å². The molecule has 1 heterocycles. The summed E-state index contributed by atoms with van der Waals surface area (Å²) in [7, 11) is 2.92. The van der Waals surface area contributed by atoms with Crippen molar-refractivity contribution in [2.75, 3.05) is 45.0 Å². The normalized spacial score (nSPS) is 19.7. The number of methoxy groups -OCH3 is 2. The number of carboxylic acid groups (broad SMARTS) is 2. The third-order valence-electron chi connectivity index (χ3n) is 8.82. The number of aliphatic hydroxyl groups is 10. The van der Waals surface area contributed by atoms with Crippen LogP contribution in [0.1, 0.15) is 35.6 Å². The Morgan fingerprint density at radius 1 is 0.677 bits per heavy atom. The Morgan fingerprint density at radius 2 is 1.14 bits per heavy atom. The number of nitrogens with two attached hydrogens (primary N) is 1. The van der Waals surface area contributed by atoms with Crippen molar-refractivity contribution in [3.05, 3.63) is 96.1 Å². The molecule has 0 saturated carbocycles. The SMILES string of the molecule is C.C.COc1cc(N=Nc2cccc(C(=O)[O-])c2)ccc1N.COc1cc(N=Nc2cccc(C(=O)[O-])c2)ccc1NCC(O)C(O)C(O)C(O)CO.OCC1OC(O)C(O)C(O)C1O. The zero-order valence-electron chi connectivity index (χ0n) is 33.6. The van der Waals surface area contributed by atoms with Gasteiger partial charge in [-0.05, 0) is 59.7 Å². The summed E-state index contributed by atoms with van der Waals surface area (Å²) in [6, 6.07) is 21.5. The highest BCUT2D eigenvalue weighted by atomic mass is 16.6. The Hall–Kier alpha value is -6.22. The molecule has 0 aromatic heterocycles. The topological polar surface area (TPSA) is 398 Å². The van der Waals surface area contributed by atoms with Gasteiger partial charge in [0.25, 0.3) is 0 Å². The van der Waals surface area contributed by atoms with Crippen molar-refractivity contribution in [1.82, 2.24) is 0 Å². The number of rotatable bonds is 16. The fourth-order valence-electron chi connectivity index (χ4n) is 5.25. The van der Waals surface area contributed by atoms with Crippen molar-refractivity contribution in [2.45, 2.75) is 70.0 Å². The van der Waals surface area contributed by atoms with Crippen molar-refractivity contribution in [1.29, 1.82) is 0 Å². The lowest BCUT2D eigenvalue weighted by atomic mass is 10.00. The van der Waals surface area contributed by atoms with Gasteiger partial charge in [-0.25, -0.2) is 0 Å². The molecule has 0 bridgehead atoms. The van der Waals surface area contributed by atoms with Crippen molar-refractivity contribution in [3.63, 3.8) is 0 Å². The molecule has 23 heteroatoms. The van der Waals surface area contributed by atoms with Gasteiger partial charge in [0.2, 0.25) is 0 Å². The van der Waals surface area contributed by atoms with Gasteiger partial charge in [0.1, 0.15) is 54.2 Å². The number of anilines is 2. The molecule has 23 nitrogen and oxygen atoms in total. The number of nitrogens with one attached hydrogen (secondary N) is 1. The van der Waals surface area contributed by atoms with Crippen molar-refractivity contribution >= 4 is 46.1 Å². The van der Waals surface area contributed by atoms with E-state index < -0.39 is 80.3 Å². The number of hydrogen-bond acceptors (Lipinski definition) is 23. The van der Waals surface area contributed by atoms with Crippen LogP contribution in [-0.2, 0) is 4.74 Å². The third-order valence-corrected chi connectivity index (χ3v) is 8.82. The van der Waals surface area contributed by atoms with Crippen LogP contribution >= 0.6 is 0 Å². The van der Waals surface area contributed by atoms with E-state index in [1.807, 2.05) is 0 Å². The molecule has 1 aliphatic heterocycles. The summed E-state index contributed by atoms with van der Waals surface area (Å²) >= 11 is 0. The minimum atomic E-state index is -1.72. The number of nitrogens with zero attached hydrogens (tertiary/aromatic N) is 4. The average Bonchev–Trinajstić information content (AvgIpc) is 3.30. The fourth-order valence-corrected chi connectivity index (χ4v) is 5.25. The van der Waals surface area contributed by atoms with Gasteiger partial charge in [-0.1, -0.05) is 39.1 Å². The molecule has 0 aliphatic carbocycles. The summed E-state index contributed by atoms with van der Waals surface area (Å²) < 4.78 is 14.9. The Labute approximate surface area is 373 Å². The van der Waals surface area contributed by atoms with Crippen molar-refractivity contribution in [3.8, 4) is 11.5 Å². The van der Waals surface area contributed by atoms with Crippen LogP contribution in [0.4, 0.5) is 34.1 Å². The molecule has 4 aromatic carbocycles. The molecule has 4 aromatic rings. The summed E-state index contributed by atoms with van der Waals surface area (Å²) in [5.41, 5.74) is 8.37. The molecule has 13 N–H and O–H groups in total. The second-order valence-corrected chi connectivity index (χ2v) is 13.3. The van der Waals surface area contributed by atoms with E-state index in [2.05, 4.69) is 30.5 Å². The highest BCUT2D eigenvalue weighted by Crippen LogP contribution is 2.31. The maximum atomic E-state index is 10.9. The molecule has 0 radical (unpaired) electrons. The van der Waals surface area contributed by atoms with Gasteiger partial charge in [-0.2, -0.15) is 20.5 Å². The maximum Gasteiger partial charge on any atom is 0.184 e. The lowest BCUT2D eigenvalue weighted by Crippen LogP contribution is -2.58. The number of nitrogen functional groups attached to an aromatic ring is 1. The number of hydrogen-bond donors (Lipinski definition) is 12. The van der Waals surface area contributed by atoms with E-state index in [-0.39, 0.29) is 32.5 Å². The molecule has 1 fully saturated rings. The minimum Gasteiger partial charge on any atom is -0.545 e. The second kappa shape index (κ2) is 27.9. The standard InChI is InChI=1S/C20H25N3O8.C14H13N3O3.C6H12O6.2CH4/c1-31-17-8-13(23-22-12-4-2-3-11(7-12)20(29)30)5-6-14(17)21-9-15(25)18(27)19(28)16(26)10-24;1-20-13-8-11(5-6-12(13)15)17-16-10-4-2-3-9(7-10)14(18)19;7-1-2-3(8)4(9)5(10)6(11)12-2;;/h2-8,15-16,18-19,21,24-28H,9-10H2,1H3,(H,29,30);2-8H,15H2,1H3,(H,18,19);2-11H,1H2;2*1H4/p-2. The van der Waals surface area contributed by atoms with Crippen LogP contribution in [0.25, 0.3) is 0 Å². The van der Waals surface area contributed by atoms with Crippen LogP contribution in [-0.4, -0.2) is 152 Å². The third kappa shape index (κ3) is 17.0. The Bertz CT molecular complexity index is 2140. The first-order valence-electron chi connectivity index (χ1n) is 18.6. The van der Waals surface area contributed by atoms with Crippen molar-refractivity contribution in [2.24, 2.45) is 20.5 Å². The summed E-state index contributed by atoms with van der Waals surface area (Å²) in [5, 5.41) is 133. The number of aromatic carboxylic acids is 2. The Balaban J connectivity index is 0.000000531. The summed E-state index contributed by atoms with van der Waals surface area (Å²) in [4.78, 5) is 21.6. The van der Waals surface area contributed by atoms with E-state index in [9.17, 15) is 40.2 Å². The van der Waals surface area contributed by atoms with Crippen molar-refractivity contribution < 1.29 is 85.1 Å². The molecule has 1 saturated heterocycles. The molecule has 0 spiro atoms. The molecular formula is C42H56N6O17-2. The zero-order valence-corrected chi connectivity index (χ0v) is 33.6. The number of azo groups is 2. The number of aliphatic hydroxyl groups excluding tert-OH is 10.